The van der Waals surface area contributed by atoms with Gasteiger partial charge in [0.1, 0.15) is 0 Å². The first kappa shape index (κ1) is 15.3. The second-order valence-corrected chi connectivity index (χ2v) is 5.44. The lowest BCUT2D eigenvalue weighted by Gasteiger charge is -2.13. The lowest BCUT2D eigenvalue weighted by Crippen LogP contribution is -2.19. The van der Waals surface area contributed by atoms with Crippen LogP contribution in [0.15, 0.2) is 48.5 Å². The van der Waals surface area contributed by atoms with Crippen LogP contribution in [0.4, 0.5) is 0 Å². The third-order valence-corrected chi connectivity index (χ3v) is 3.63. The smallest absolute Gasteiger partial charge is 0.335 e. The van der Waals surface area contributed by atoms with Gasteiger partial charge in [0.05, 0.1) is 5.56 Å². The van der Waals surface area contributed by atoms with Crippen molar-refractivity contribution in [3.05, 3.63) is 70.8 Å². The number of carboxylic acids is 1. The largest absolute Gasteiger partial charge is 0.478 e. The Morgan fingerprint density at radius 3 is 2.29 bits per heavy atom. The average molecular weight is 283 g/mol. The Hall–Kier alpha value is -2.13. The predicted molar refractivity (Wildman–Crippen MR) is 84.7 cm³/mol. The van der Waals surface area contributed by atoms with Crippen molar-refractivity contribution in [2.45, 2.75) is 26.3 Å². The standard InChI is InChI=1S/C18H21NO2/c1-13-3-7-16(8-4-13)14(2)11-19-12-15-5-9-17(10-6-15)18(20)21/h3-10,14,19H,11-12H2,1-2H3,(H,20,21). The Morgan fingerprint density at radius 1 is 1.10 bits per heavy atom. The zero-order chi connectivity index (χ0) is 15.2. The molecule has 0 aliphatic heterocycles. The van der Waals surface area contributed by atoms with Crippen molar-refractivity contribution in [3.8, 4) is 0 Å². The van der Waals surface area contributed by atoms with Crippen molar-refractivity contribution in [3.63, 3.8) is 0 Å². The number of aromatic carboxylic acids is 1. The predicted octanol–water partition coefficient (Wildman–Crippen LogP) is 3.59. The lowest BCUT2D eigenvalue weighted by molar-refractivity contribution is 0.0697. The van der Waals surface area contributed by atoms with E-state index >= 15 is 0 Å². The van der Waals surface area contributed by atoms with Gasteiger partial charge in [0.15, 0.2) is 0 Å². The van der Waals surface area contributed by atoms with E-state index in [0.717, 1.165) is 18.7 Å². The minimum absolute atomic E-state index is 0.326. The van der Waals surface area contributed by atoms with Crippen LogP contribution in [0.25, 0.3) is 0 Å². The Balaban J connectivity index is 1.83. The lowest BCUT2D eigenvalue weighted by atomic mass is 10.00. The molecule has 0 heterocycles. The van der Waals surface area contributed by atoms with E-state index in [0.29, 0.717) is 11.5 Å². The van der Waals surface area contributed by atoms with Crippen LogP contribution in [0.3, 0.4) is 0 Å². The molecule has 1 unspecified atom stereocenters. The number of carbonyl (C=O) groups is 1. The summed E-state index contributed by atoms with van der Waals surface area (Å²) in [4.78, 5) is 10.8. The minimum Gasteiger partial charge on any atom is -0.478 e. The van der Waals surface area contributed by atoms with Crippen LogP contribution >= 0.6 is 0 Å². The van der Waals surface area contributed by atoms with Gasteiger partial charge in [0.2, 0.25) is 0 Å². The third kappa shape index (κ3) is 4.43. The normalized spacial score (nSPS) is 12.1. The van der Waals surface area contributed by atoms with Crippen molar-refractivity contribution in [2.75, 3.05) is 6.54 Å². The molecular weight excluding hydrogens is 262 g/mol. The van der Waals surface area contributed by atoms with Gasteiger partial charge in [0.25, 0.3) is 0 Å². The van der Waals surface area contributed by atoms with E-state index in [-0.39, 0.29) is 0 Å². The second kappa shape index (κ2) is 7.04. The summed E-state index contributed by atoms with van der Waals surface area (Å²) in [5, 5.41) is 12.3. The molecule has 2 aromatic carbocycles. The van der Waals surface area contributed by atoms with Gasteiger partial charge in [-0.3, -0.25) is 0 Å². The van der Waals surface area contributed by atoms with Crippen molar-refractivity contribution < 1.29 is 9.90 Å². The molecule has 2 rings (SSSR count). The highest BCUT2D eigenvalue weighted by molar-refractivity contribution is 5.87. The zero-order valence-electron chi connectivity index (χ0n) is 12.5. The first-order chi connectivity index (χ1) is 10.1. The Morgan fingerprint density at radius 2 is 1.71 bits per heavy atom. The highest BCUT2D eigenvalue weighted by Crippen LogP contribution is 2.15. The van der Waals surface area contributed by atoms with Gasteiger partial charge >= 0.3 is 5.97 Å². The first-order valence-corrected chi connectivity index (χ1v) is 7.16. The van der Waals surface area contributed by atoms with Gasteiger partial charge in [-0.2, -0.15) is 0 Å². The van der Waals surface area contributed by atoms with E-state index in [1.165, 1.54) is 11.1 Å². The molecule has 0 aliphatic carbocycles. The highest BCUT2D eigenvalue weighted by atomic mass is 16.4. The summed E-state index contributed by atoms with van der Waals surface area (Å²) in [6.07, 6.45) is 0. The van der Waals surface area contributed by atoms with Crippen LogP contribution in [-0.4, -0.2) is 17.6 Å². The molecule has 0 spiro atoms. The van der Waals surface area contributed by atoms with Crippen LogP contribution in [-0.2, 0) is 6.54 Å². The number of hydrogen-bond acceptors (Lipinski definition) is 2. The summed E-state index contributed by atoms with van der Waals surface area (Å²) < 4.78 is 0. The molecule has 2 N–H and O–H groups in total. The summed E-state index contributed by atoms with van der Waals surface area (Å²) in [6.45, 7) is 5.93. The van der Waals surface area contributed by atoms with E-state index in [2.05, 4.69) is 43.4 Å². The van der Waals surface area contributed by atoms with Gasteiger partial charge in [-0.1, -0.05) is 48.9 Å². The maximum Gasteiger partial charge on any atom is 0.335 e. The van der Waals surface area contributed by atoms with Crippen molar-refractivity contribution >= 4 is 5.97 Å². The SMILES string of the molecule is Cc1ccc(C(C)CNCc2ccc(C(=O)O)cc2)cc1. The fourth-order valence-corrected chi connectivity index (χ4v) is 2.21. The number of benzene rings is 2. The number of nitrogens with one attached hydrogen (secondary N) is 1. The Bertz CT molecular complexity index is 588. The molecule has 0 bridgehead atoms. The van der Waals surface area contributed by atoms with Crippen molar-refractivity contribution in [2.24, 2.45) is 0 Å². The maximum atomic E-state index is 10.8. The molecule has 110 valence electrons. The van der Waals surface area contributed by atoms with Crippen molar-refractivity contribution in [1.29, 1.82) is 0 Å². The fraction of sp³-hybridized carbons (Fsp3) is 0.278. The van der Waals surface area contributed by atoms with E-state index in [1.807, 2.05) is 12.1 Å². The molecule has 0 radical (unpaired) electrons. The van der Waals surface area contributed by atoms with Crippen LogP contribution in [0, 0.1) is 6.92 Å². The maximum absolute atomic E-state index is 10.8. The number of aryl methyl sites for hydroxylation is 1. The molecule has 0 amide bonds. The van der Waals surface area contributed by atoms with Crippen molar-refractivity contribution in [1.82, 2.24) is 5.32 Å². The third-order valence-electron chi connectivity index (χ3n) is 3.63. The molecular formula is C18H21NO2. The first-order valence-electron chi connectivity index (χ1n) is 7.16. The molecule has 1 atom stereocenters. The molecule has 3 nitrogen and oxygen atoms in total. The fourth-order valence-electron chi connectivity index (χ4n) is 2.21. The van der Waals surface area contributed by atoms with E-state index in [1.54, 1.807) is 12.1 Å². The van der Waals surface area contributed by atoms with E-state index < -0.39 is 5.97 Å². The van der Waals surface area contributed by atoms with Gasteiger partial charge < -0.3 is 10.4 Å². The molecule has 3 heteroatoms. The monoisotopic (exact) mass is 283 g/mol. The van der Waals surface area contributed by atoms with E-state index in [9.17, 15) is 4.79 Å². The molecule has 21 heavy (non-hydrogen) atoms. The van der Waals surface area contributed by atoms with Crippen LogP contribution < -0.4 is 5.32 Å². The highest BCUT2D eigenvalue weighted by Gasteiger charge is 2.05. The van der Waals surface area contributed by atoms with Gasteiger partial charge in [-0.25, -0.2) is 4.79 Å². The molecule has 0 aliphatic rings. The average Bonchev–Trinajstić information content (AvgIpc) is 2.48. The summed E-state index contributed by atoms with van der Waals surface area (Å²) in [7, 11) is 0. The number of hydrogen-bond donors (Lipinski definition) is 2. The quantitative estimate of drug-likeness (QED) is 0.852. The number of rotatable bonds is 6. The van der Waals surface area contributed by atoms with Gasteiger partial charge in [-0.15, -0.1) is 0 Å². The minimum atomic E-state index is -0.887. The molecule has 0 aromatic heterocycles. The van der Waals surface area contributed by atoms with Crippen LogP contribution in [0.2, 0.25) is 0 Å². The molecule has 0 saturated heterocycles. The Labute approximate surface area is 125 Å². The summed E-state index contributed by atoms with van der Waals surface area (Å²) in [6, 6.07) is 15.6. The zero-order valence-corrected chi connectivity index (χ0v) is 12.5. The topological polar surface area (TPSA) is 49.3 Å². The van der Waals surface area contributed by atoms with Gasteiger partial charge in [-0.05, 0) is 36.1 Å². The summed E-state index contributed by atoms with van der Waals surface area (Å²) >= 11 is 0. The van der Waals surface area contributed by atoms with Crippen LogP contribution in [0.5, 0.6) is 0 Å². The second-order valence-electron chi connectivity index (χ2n) is 5.44. The van der Waals surface area contributed by atoms with Crippen LogP contribution in [0.1, 0.15) is 39.9 Å². The molecule has 0 saturated carbocycles. The Kier molecular flexibility index (Phi) is 5.12. The number of carboxylic acid groups (broad SMARTS) is 1. The molecule has 2 aromatic rings. The summed E-state index contributed by atoms with van der Waals surface area (Å²) in [5.41, 5.74) is 4.02. The summed E-state index contributed by atoms with van der Waals surface area (Å²) in [5.74, 6) is -0.439. The van der Waals surface area contributed by atoms with Gasteiger partial charge in [0, 0.05) is 13.1 Å². The van der Waals surface area contributed by atoms with E-state index in [4.69, 9.17) is 5.11 Å². The molecule has 0 fully saturated rings.